The van der Waals surface area contributed by atoms with Gasteiger partial charge in [0.2, 0.25) is 5.78 Å². The lowest BCUT2D eigenvalue weighted by molar-refractivity contribution is -0.0756. The third-order valence-electron chi connectivity index (χ3n) is 4.45. The number of hydrogen-bond acceptors (Lipinski definition) is 5. The Balaban J connectivity index is 0.000000218. The zero-order valence-electron chi connectivity index (χ0n) is 20.1. The molecule has 0 unspecified atom stereocenters. The third-order valence-corrected chi connectivity index (χ3v) is 6.73. The number of ketones is 1. The molecular formula is C26H18Br3Cl4N3O3. The molecular weight excluding hydrogens is 784 g/mol. The summed E-state index contributed by atoms with van der Waals surface area (Å²) in [5, 5.41) is 2.80. The van der Waals surface area contributed by atoms with Crippen molar-refractivity contribution in [3.8, 4) is 0 Å². The summed E-state index contributed by atoms with van der Waals surface area (Å²) in [6.45, 7) is 0. The minimum Gasteiger partial charge on any atom is -0.287 e. The van der Waals surface area contributed by atoms with Gasteiger partial charge >= 0.3 is 0 Å². The van der Waals surface area contributed by atoms with Crippen LogP contribution in [-0.2, 0) is 4.84 Å². The second-order valence-electron chi connectivity index (χ2n) is 7.29. The first-order valence-corrected chi connectivity index (χ1v) is 14.5. The van der Waals surface area contributed by atoms with Crippen LogP contribution in [-0.4, -0.2) is 40.9 Å². The maximum absolute atomic E-state index is 12.1. The highest BCUT2D eigenvalue weighted by Gasteiger charge is 2.13. The van der Waals surface area contributed by atoms with Gasteiger partial charge in [-0.05, 0) is 108 Å². The molecule has 0 saturated carbocycles. The van der Waals surface area contributed by atoms with Crippen molar-refractivity contribution >= 4 is 106 Å². The Bertz CT molecular complexity index is 1370. The van der Waals surface area contributed by atoms with Crippen molar-refractivity contribution in [2.24, 2.45) is 0 Å². The van der Waals surface area contributed by atoms with Crippen molar-refractivity contribution in [3.63, 3.8) is 0 Å². The Morgan fingerprint density at radius 2 is 1.18 bits per heavy atom. The number of carbonyl (C=O) groups excluding carboxylic acids is 2. The van der Waals surface area contributed by atoms with E-state index in [1.54, 1.807) is 48.8 Å². The summed E-state index contributed by atoms with van der Waals surface area (Å²) in [5.41, 5.74) is 1.18. The average Bonchev–Trinajstić information content (AvgIpc) is 2.89. The molecule has 2 heterocycles. The van der Waals surface area contributed by atoms with Gasteiger partial charge in [0, 0.05) is 59.6 Å². The van der Waals surface area contributed by atoms with E-state index < -0.39 is 0 Å². The molecule has 6 nitrogen and oxygen atoms in total. The number of amides is 1. The fourth-order valence-electron chi connectivity index (χ4n) is 2.64. The smallest absolute Gasteiger partial charge is 0.277 e. The van der Waals surface area contributed by atoms with E-state index >= 15 is 0 Å². The Labute approximate surface area is 270 Å². The van der Waals surface area contributed by atoms with E-state index in [2.05, 4.69) is 57.8 Å². The number of carbonyl (C=O) groups is 2. The average molecular weight is 802 g/mol. The van der Waals surface area contributed by atoms with E-state index in [0.29, 0.717) is 36.9 Å². The number of hydrogen-bond donors (Lipinski definition) is 0. The fourth-order valence-corrected chi connectivity index (χ4v) is 4.40. The molecule has 1 amide bonds. The van der Waals surface area contributed by atoms with Gasteiger partial charge in [-0.15, -0.1) is 0 Å². The van der Waals surface area contributed by atoms with E-state index in [-0.39, 0.29) is 11.7 Å². The van der Waals surface area contributed by atoms with Gasteiger partial charge in [0.05, 0.1) is 7.11 Å². The summed E-state index contributed by atoms with van der Waals surface area (Å²) < 4.78 is 2.68. The summed E-state index contributed by atoms with van der Waals surface area (Å²) in [6.07, 6.45) is 3.31. The summed E-state index contributed by atoms with van der Waals surface area (Å²) in [6, 6.07) is 16.5. The SMILES string of the molecule is Brc1ccc(Br)nc1.CON(C)C(=O)c1cc(Cl)cc(Cl)c1.O=C(c1cc(Cl)cc(Cl)c1)c1ccc(Br)cn1. The monoisotopic (exact) mass is 797 g/mol. The van der Waals surface area contributed by atoms with Crippen LogP contribution in [0.1, 0.15) is 26.4 Å². The first kappa shape index (κ1) is 33.6. The number of nitrogens with zero attached hydrogens (tertiary/aromatic N) is 3. The second-order valence-corrected chi connectivity index (χ2v) is 11.7. The summed E-state index contributed by atoms with van der Waals surface area (Å²) in [7, 11) is 2.92. The zero-order chi connectivity index (χ0) is 29.1. The Hall–Kier alpha value is -1.56. The van der Waals surface area contributed by atoms with Gasteiger partial charge < -0.3 is 0 Å². The summed E-state index contributed by atoms with van der Waals surface area (Å²) in [5.74, 6) is -0.501. The van der Waals surface area contributed by atoms with E-state index in [0.717, 1.165) is 18.6 Å². The molecule has 0 N–H and O–H groups in total. The predicted molar refractivity (Wildman–Crippen MR) is 167 cm³/mol. The number of halogens is 7. The molecule has 2 aromatic heterocycles. The van der Waals surface area contributed by atoms with Crippen molar-refractivity contribution in [1.82, 2.24) is 15.0 Å². The molecule has 0 bridgehead atoms. The van der Waals surface area contributed by atoms with E-state index in [4.69, 9.17) is 51.2 Å². The van der Waals surface area contributed by atoms with Gasteiger partial charge in [-0.25, -0.2) is 10.0 Å². The maximum Gasteiger partial charge on any atom is 0.277 e. The van der Waals surface area contributed by atoms with Crippen LogP contribution in [0, 0.1) is 0 Å². The fraction of sp³-hybridized carbons (Fsp3) is 0.0769. The largest absolute Gasteiger partial charge is 0.287 e. The van der Waals surface area contributed by atoms with Crippen molar-refractivity contribution in [1.29, 1.82) is 0 Å². The number of benzene rings is 2. The Morgan fingerprint density at radius 1 is 0.718 bits per heavy atom. The molecule has 39 heavy (non-hydrogen) atoms. The van der Waals surface area contributed by atoms with Crippen molar-refractivity contribution < 1.29 is 14.4 Å². The number of aromatic nitrogens is 2. The van der Waals surface area contributed by atoms with E-state index in [1.807, 2.05) is 12.1 Å². The van der Waals surface area contributed by atoms with Crippen LogP contribution in [0.4, 0.5) is 0 Å². The van der Waals surface area contributed by atoms with Crippen LogP contribution in [0.3, 0.4) is 0 Å². The predicted octanol–water partition coefficient (Wildman–Crippen LogP) is 9.62. The molecule has 4 aromatic rings. The summed E-state index contributed by atoms with van der Waals surface area (Å²) in [4.78, 5) is 36.4. The number of rotatable bonds is 4. The topological polar surface area (TPSA) is 72.4 Å². The molecule has 0 fully saturated rings. The lowest BCUT2D eigenvalue weighted by Crippen LogP contribution is -2.25. The molecule has 0 spiro atoms. The molecule has 0 radical (unpaired) electrons. The Kier molecular flexibility index (Phi) is 14.4. The highest BCUT2D eigenvalue weighted by atomic mass is 79.9. The van der Waals surface area contributed by atoms with E-state index in [9.17, 15) is 9.59 Å². The molecule has 4 rings (SSSR count). The van der Waals surface area contributed by atoms with Crippen LogP contribution < -0.4 is 0 Å². The highest BCUT2D eigenvalue weighted by molar-refractivity contribution is 9.11. The van der Waals surface area contributed by atoms with Crippen molar-refractivity contribution in [3.05, 3.63) is 124 Å². The maximum atomic E-state index is 12.1. The first-order valence-electron chi connectivity index (χ1n) is 10.6. The highest BCUT2D eigenvalue weighted by Crippen LogP contribution is 2.22. The molecule has 2 aromatic carbocycles. The van der Waals surface area contributed by atoms with Gasteiger partial charge in [-0.1, -0.05) is 46.4 Å². The zero-order valence-corrected chi connectivity index (χ0v) is 27.9. The molecule has 0 atom stereocenters. The van der Waals surface area contributed by atoms with Crippen LogP contribution in [0.25, 0.3) is 0 Å². The number of pyridine rings is 2. The normalized spacial score (nSPS) is 9.97. The van der Waals surface area contributed by atoms with Crippen LogP contribution in [0.5, 0.6) is 0 Å². The van der Waals surface area contributed by atoms with Gasteiger partial charge in [0.15, 0.2) is 0 Å². The van der Waals surface area contributed by atoms with Gasteiger partial charge in [-0.3, -0.25) is 19.4 Å². The van der Waals surface area contributed by atoms with Gasteiger partial charge in [0.1, 0.15) is 10.3 Å². The Morgan fingerprint density at radius 3 is 1.56 bits per heavy atom. The second kappa shape index (κ2) is 16.6. The van der Waals surface area contributed by atoms with Gasteiger partial charge in [-0.2, -0.15) is 0 Å². The lowest BCUT2D eigenvalue weighted by atomic mass is 10.1. The van der Waals surface area contributed by atoms with Crippen LogP contribution in [0.2, 0.25) is 20.1 Å². The summed E-state index contributed by atoms with van der Waals surface area (Å²) >= 11 is 32.9. The molecule has 0 aliphatic carbocycles. The minimum absolute atomic E-state index is 0.207. The molecule has 0 saturated heterocycles. The minimum atomic E-state index is -0.295. The quantitative estimate of drug-likeness (QED) is 0.117. The van der Waals surface area contributed by atoms with Gasteiger partial charge in [0.25, 0.3) is 5.91 Å². The number of hydroxylamine groups is 2. The van der Waals surface area contributed by atoms with Crippen LogP contribution >= 0.6 is 94.2 Å². The molecule has 0 aliphatic rings. The molecule has 13 heteroatoms. The molecule has 0 aliphatic heterocycles. The molecule has 204 valence electrons. The van der Waals surface area contributed by atoms with E-state index in [1.165, 1.54) is 26.3 Å². The third kappa shape index (κ3) is 11.8. The van der Waals surface area contributed by atoms with Crippen LogP contribution in [0.15, 0.2) is 86.6 Å². The standard InChI is InChI=1S/C12H6BrCl2NO.C9H9Cl2NO2.C5H3Br2N/c13-8-1-2-11(16-6-8)12(17)7-3-9(14)5-10(15)4-7;1-12(14-2)9(13)6-3-7(10)5-8(11)4-6;6-4-1-2-5(7)8-3-4/h1-6H;3-5H,1-2H3;1-3H. The first-order chi connectivity index (χ1) is 18.4. The van der Waals surface area contributed by atoms with Crippen molar-refractivity contribution in [2.75, 3.05) is 14.2 Å². The van der Waals surface area contributed by atoms with Crippen molar-refractivity contribution in [2.45, 2.75) is 0 Å². The lowest BCUT2D eigenvalue weighted by Gasteiger charge is -2.13.